The first-order valence-electron chi connectivity index (χ1n) is 8.36. The van der Waals surface area contributed by atoms with Crippen molar-refractivity contribution in [3.8, 4) is 0 Å². The molecule has 0 aliphatic rings. The molecule has 1 amide bonds. The zero-order valence-corrected chi connectivity index (χ0v) is 16.0. The van der Waals surface area contributed by atoms with Crippen molar-refractivity contribution in [2.45, 2.75) is 18.7 Å². The summed E-state index contributed by atoms with van der Waals surface area (Å²) < 4.78 is 5.21. The van der Waals surface area contributed by atoms with E-state index < -0.39 is 0 Å². The second kappa shape index (κ2) is 10.7. The number of carbonyl (C=O) groups excluding carboxylic acids is 1. The van der Waals surface area contributed by atoms with Gasteiger partial charge in [0.2, 0.25) is 5.91 Å². The Balaban J connectivity index is 1.69. The Labute approximate surface area is 158 Å². The van der Waals surface area contributed by atoms with Gasteiger partial charge in [0.15, 0.2) is 0 Å². The molecule has 0 atom stereocenters. The van der Waals surface area contributed by atoms with Gasteiger partial charge in [-0.2, -0.15) is 0 Å². The average Bonchev–Trinajstić information content (AvgIpc) is 3.11. The molecule has 26 heavy (non-hydrogen) atoms. The van der Waals surface area contributed by atoms with Gasteiger partial charge in [-0.15, -0.1) is 11.8 Å². The van der Waals surface area contributed by atoms with Crippen LogP contribution in [0.4, 0.5) is 0 Å². The number of thioether (sulfide) groups is 1. The van der Waals surface area contributed by atoms with E-state index in [-0.39, 0.29) is 18.2 Å². The van der Waals surface area contributed by atoms with E-state index in [0.29, 0.717) is 17.9 Å². The first-order chi connectivity index (χ1) is 12.5. The Morgan fingerprint density at radius 2 is 2.27 bits per heavy atom. The lowest BCUT2D eigenvalue weighted by atomic mass is 10.2. The highest BCUT2D eigenvalue weighted by molar-refractivity contribution is 7.99. The minimum atomic E-state index is -0.118. The third-order valence-electron chi connectivity index (χ3n) is 3.45. The van der Waals surface area contributed by atoms with Gasteiger partial charge >= 0.3 is 0 Å². The molecule has 0 aromatic carbocycles. The molecule has 0 saturated carbocycles. The largest absolute Gasteiger partial charge is 0.511 e. The van der Waals surface area contributed by atoms with Gasteiger partial charge in [-0.25, -0.2) is 0 Å². The van der Waals surface area contributed by atoms with Gasteiger partial charge in [0, 0.05) is 24.9 Å². The molecule has 0 bridgehead atoms. The predicted octanol–water partition coefficient (Wildman–Crippen LogP) is 2.77. The molecule has 2 aromatic heterocycles. The summed E-state index contributed by atoms with van der Waals surface area (Å²) in [5.41, 5.74) is 2.06. The van der Waals surface area contributed by atoms with Gasteiger partial charge in [-0.1, -0.05) is 0 Å². The minimum Gasteiger partial charge on any atom is -0.511 e. The Morgan fingerprint density at radius 1 is 1.42 bits per heavy atom. The zero-order chi connectivity index (χ0) is 18.8. The number of pyridine rings is 1. The van der Waals surface area contributed by atoms with E-state index in [1.807, 2.05) is 38.4 Å². The Bertz CT molecular complexity index is 715. The quantitative estimate of drug-likeness (QED) is 0.622. The van der Waals surface area contributed by atoms with Gasteiger partial charge < -0.3 is 19.7 Å². The summed E-state index contributed by atoms with van der Waals surface area (Å²) in [6.45, 7) is 0.967. The molecule has 0 radical (unpaired) electrons. The van der Waals surface area contributed by atoms with Gasteiger partial charge in [-0.05, 0) is 50.0 Å². The van der Waals surface area contributed by atoms with Crippen molar-refractivity contribution in [1.82, 2.24) is 15.2 Å². The number of carbonyl (C=O) groups is 1. The molecule has 0 aliphatic carbocycles. The molecule has 7 heteroatoms. The van der Waals surface area contributed by atoms with Crippen molar-refractivity contribution in [1.29, 1.82) is 0 Å². The van der Waals surface area contributed by atoms with Gasteiger partial charge in [0.1, 0.15) is 11.5 Å². The monoisotopic (exact) mass is 375 g/mol. The Kier molecular flexibility index (Phi) is 8.24. The third-order valence-corrected chi connectivity index (χ3v) is 4.41. The second-order valence-corrected chi connectivity index (χ2v) is 7.13. The van der Waals surface area contributed by atoms with Crippen molar-refractivity contribution in [3.05, 3.63) is 65.6 Å². The van der Waals surface area contributed by atoms with E-state index in [9.17, 15) is 9.90 Å². The average molecular weight is 375 g/mol. The first-order valence-corrected chi connectivity index (χ1v) is 9.52. The number of amides is 1. The smallest absolute Gasteiger partial charge is 0.230 e. The minimum absolute atomic E-state index is 0.118. The molecule has 0 saturated heterocycles. The van der Waals surface area contributed by atoms with Crippen molar-refractivity contribution in [2.75, 3.05) is 26.4 Å². The van der Waals surface area contributed by atoms with Crippen molar-refractivity contribution in [3.63, 3.8) is 0 Å². The lowest BCUT2D eigenvalue weighted by Gasteiger charge is -2.10. The van der Waals surface area contributed by atoms with Crippen LogP contribution in [0.25, 0.3) is 0 Å². The number of aliphatic hydroxyl groups is 1. The lowest BCUT2D eigenvalue weighted by molar-refractivity contribution is -0.118. The lowest BCUT2D eigenvalue weighted by Crippen LogP contribution is -2.27. The van der Waals surface area contributed by atoms with Gasteiger partial charge in [0.05, 0.1) is 24.3 Å². The van der Waals surface area contributed by atoms with Crippen molar-refractivity contribution >= 4 is 17.7 Å². The summed E-state index contributed by atoms with van der Waals surface area (Å²) in [5.74, 6) is 1.83. The van der Waals surface area contributed by atoms with E-state index in [4.69, 9.17) is 4.42 Å². The molecule has 2 heterocycles. The van der Waals surface area contributed by atoms with Crippen LogP contribution in [0.15, 0.2) is 53.0 Å². The number of nitrogens with zero attached hydrogens (tertiary/aromatic N) is 2. The van der Waals surface area contributed by atoms with Crippen molar-refractivity contribution < 1.29 is 14.3 Å². The van der Waals surface area contributed by atoms with Crippen LogP contribution in [-0.4, -0.2) is 47.3 Å². The van der Waals surface area contributed by atoms with Gasteiger partial charge in [-0.3, -0.25) is 9.78 Å². The highest BCUT2D eigenvalue weighted by Crippen LogP contribution is 2.11. The van der Waals surface area contributed by atoms with Crippen LogP contribution in [0.1, 0.15) is 17.0 Å². The number of hydrogen-bond donors (Lipinski definition) is 2. The van der Waals surface area contributed by atoms with Crippen LogP contribution in [-0.2, 0) is 23.5 Å². The highest BCUT2D eigenvalue weighted by Gasteiger charge is 2.04. The van der Waals surface area contributed by atoms with Gasteiger partial charge in [0.25, 0.3) is 0 Å². The summed E-state index contributed by atoms with van der Waals surface area (Å²) in [6.07, 6.45) is 5.59. The Hall–Kier alpha value is -2.25. The van der Waals surface area contributed by atoms with Crippen LogP contribution < -0.4 is 5.32 Å². The number of hydrogen-bond acceptors (Lipinski definition) is 6. The molecule has 0 fully saturated rings. The summed E-state index contributed by atoms with van der Waals surface area (Å²) in [6, 6.07) is 7.70. The van der Waals surface area contributed by atoms with E-state index >= 15 is 0 Å². The molecular formula is C19H25N3O3S. The summed E-state index contributed by atoms with van der Waals surface area (Å²) in [4.78, 5) is 18.2. The summed E-state index contributed by atoms with van der Waals surface area (Å²) >= 11 is 1.47. The summed E-state index contributed by atoms with van der Waals surface area (Å²) in [5, 5.41) is 12.6. The molecule has 2 aromatic rings. The Morgan fingerprint density at radius 3 is 3.00 bits per heavy atom. The van der Waals surface area contributed by atoms with Crippen LogP contribution in [0.2, 0.25) is 0 Å². The van der Waals surface area contributed by atoms with E-state index in [1.165, 1.54) is 17.3 Å². The van der Waals surface area contributed by atoms with E-state index in [2.05, 4.69) is 15.2 Å². The number of furan rings is 1. The maximum atomic E-state index is 11.8. The molecule has 140 valence electrons. The van der Waals surface area contributed by atoms with E-state index in [0.717, 1.165) is 18.0 Å². The second-order valence-electron chi connectivity index (χ2n) is 6.14. The molecule has 6 nitrogen and oxygen atoms in total. The predicted molar refractivity (Wildman–Crippen MR) is 104 cm³/mol. The molecule has 0 aliphatic heterocycles. The third kappa shape index (κ3) is 7.76. The first kappa shape index (κ1) is 20.1. The normalized spacial score (nSPS) is 11.7. The van der Waals surface area contributed by atoms with Crippen molar-refractivity contribution in [2.24, 2.45) is 0 Å². The fourth-order valence-corrected chi connectivity index (χ4v) is 3.03. The standard InChI is InChI=1S/C19H25N3O3S/c1-22(2)12-15-7-8-20-16(10-15)5-6-17(23)11-21-19(24)14-26-13-18-4-3-9-25-18/h3-4,6-10,23H,5,11-14H2,1-2H3,(H,21,24). The van der Waals surface area contributed by atoms with Crippen LogP contribution >= 0.6 is 11.8 Å². The molecule has 0 spiro atoms. The van der Waals surface area contributed by atoms with Crippen LogP contribution in [0.3, 0.4) is 0 Å². The number of aliphatic hydroxyl groups excluding tert-OH is 1. The summed E-state index contributed by atoms with van der Waals surface area (Å²) in [7, 11) is 4.03. The van der Waals surface area contributed by atoms with Crippen LogP contribution in [0.5, 0.6) is 0 Å². The fraction of sp³-hybridized carbons (Fsp3) is 0.368. The molecule has 2 rings (SSSR count). The molecular weight excluding hydrogens is 350 g/mol. The SMILES string of the molecule is CN(C)Cc1ccnc(CC=C(O)CNC(=O)CSCc2ccco2)c1. The number of aromatic nitrogens is 1. The molecule has 0 unspecified atom stereocenters. The number of rotatable bonds is 10. The fourth-order valence-electron chi connectivity index (χ4n) is 2.28. The highest BCUT2D eigenvalue weighted by atomic mass is 32.2. The topological polar surface area (TPSA) is 78.6 Å². The molecule has 2 N–H and O–H groups in total. The van der Waals surface area contributed by atoms with E-state index in [1.54, 1.807) is 18.5 Å². The zero-order valence-electron chi connectivity index (χ0n) is 15.1. The van der Waals surface area contributed by atoms with Crippen LogP contribution in [0, 0.1) is 0 Å². The maximum Gasteiger partial charge on any atom is 0.230 e. The number of allylic oxidation sites excluding steroid dienone is 1. The number of nitrogens with one attached hydrogen (secondary N) is 1. The maximum absolute atomic E-state index is 11.8.